The van der Waals surface area contributed by atoms with Crippen molar-refractivity contribution in [1.29, 1.82) is 0 Å². The van der Waals surface area contributed by atoms with Crippen LogP contribution in [0.2, 0.25) is 0 Å². The standard InChI is InChI=1S/C24H20N4O4/c1-30-17-10-8-16(9-11-17)20-13-21(22-7-4-12-31-22)28(27-20)23(29)14-32-24-18-5-2-3-6-19(18)25-15-26-24/h2-12,15,21H,13-14H2,1H3/t21-/m0/s1. The van der Waals surface area contributed by atoms with E-state index < -0.39 is 0 Å². The van der Waals surface area contributed by atoms with Crippen LogP contribution in [0.15, 0.2) is 82.8 Å². The van der Waals surface area contributed by atoms with E-state index in [-0.39, 0.29) is 18.6 Å². The zero-order chi connectivity index (χ0) is 21.9. The van der Waals surface area contributed by atoms with Gasteiger partial charge < -0.3 is 13.9 Å². The Labute approximate surface area is 184 Å². The third-order valence-corrected chi connectivity index (χ3v) is 5.30. The second-order valence-corrected chi connectivity index (χ2v) is 7.23. The Kier molecular flexibility index (Phi) is 5.25. The van der Waals surface area contributed by atoms with Gasteiger partial charge in [0.05, 0.1) is 30.0 Å². The molecule has 1 atom stereocenters. The minimum absolute atomic E-state index is 0.211. The van der Waals surface area contributed by atoms with Crippen LogP contribution in [-0.4, -0.2) is 40.3 Å². The summed E-state index contributed by atoms with van der Waals surface area (Å²) in [6.45, 7) is -0.211. The first-order valence-electron chi connectivity index (χ1n) is 10.1. The molecular weight excluding hydrogens is 408 g/mol. The molecule has 1 aliphatic rings. The van der Waals surface area contributed by atoms with E-state index in [1.54, 1.807) is 19.4 Å². The highest BCUT2D eigenvalue weighted by Gasteiger charge is 2.35. The van der Waals surface area contributed by atoms with Crippen molar-refractivity contribution in [3.05, 3.63) is 84.6 Å². The second-order valence-electron chi connectivity index (χ2n) is 7.23. The van der Waals surface area contributed by atoms with Gasteiger partial charge in [-0.25, -0.2) is 15.0 Å². The summed E-state index contributed by atoms with van der Waals surface area (Å²) in [5.74, 6) is 1.49. The lowest BCUT2D eigenvalue weighted by Gasteiger charge is -2.20. The number of hydrazone groups is 1. The minimum Gasteiger partial charge on any atom is -0.497 e. The summed E-state index contributed by atoms with van der Waals surface area (Å²) >= 11 is 0. The normalized spacial score (nSPS) is 15.6. The van der Waals surface area contributed by atoms with E-state index >= 15 is 0 Å². The van der Waals surface area contributed by atoms with Gasteiger partial charge in [0.25, 0.3) is 5.91 Å². The maximum Gasteiger partial charge on any atom is 0.281 e. The van der Waals surface area contributed by atoms with Gasteiger partial charge in [0.2, 0.25) is 5.88 Å². The van der Waals surface area contributed by atoms with Crippen LogP contribution in [0.25, 0.3) is 10.9 Å². The van der Waals surface area contributed by atoms with Crippen molar-refractivity contribution in [1.82, 2.24) is 15.0 Å². The number of hydrogen-bond donors (Lipinski definition) is 0. The number of carbonyl (C=O) groups excluding carboxylic acids is 1. The molecule has 1 aliphatic heterocycles. The molecule has 0 aliphatic carbocycles. The van der Waals surface area contributed by atoms with Crippen molar-refractivity contribution < 1.29 is 18.7 Å². The molecule has 0 bridgehead atoms. The van der Waals surface area contributed by atoms with Crippen molar-refractivity contribution in [3.63, 3.8) is 0 Å². The summed E-state index contributed by atoms with van der Waals surface area (Å²) in [6.07, 6.45) is 3.54. The van der Waals surface area contributed by atoms with Crippen LogP contribution < -0.4 is 9.47 Å². The maximum absolute atomic E-state index is 13.1. The number of para-hydroxylation sites is 1. The van der Waals surface area contributed by atoms with Gasteiger partial charge in [0, 0.05) is 6.42 Å². The molecule has 3 heterocycles. The molecular formula is C24H20N4O4. The lowest BCUT2D eigenvalue weighted by Crippen LogP contribution is -2.31. The maximum atomic E-state index is 13.1. The Hall–Kier alpha value is -4.20. The van der Waals surface area contributed by atoms with E-state index in [4.69, 9.17) is 13.9 Å². The average Bonchev–Trinajstić information content (AvgIpc) is 3.53. The van der Waals surface area contributed by atoms with Crippen LogP contribution in [0.4, 0.5) is 0 Å². The summed E-state index contributed by atoms with van der Waals surface area (Å²) in [4.78, 5) is 21.5. The third kappa shape index (κ3) is 3.78. The first-order chi connectivity index (χ1) is 15.7. The molecule has 160 valence electrons. The topological polar surface area (TPSA) is 90.0 Å². The lowest BCUT2D eigenvalue weighted by atomic mass is 10.0. The first-order valence-corrected chi connectivity index (χ1v) is 10.1. The molecule has 2 aromatic carbocycles. The number of aromatic nitrogens is 2. The zero-order valence-corrected chi connectivity index (χ0v) is 17.3. The quantitative estimate of drug-likeness (QED) is 0.461. The molecule has 8 heteroatoms. The molecule has 0 fully saturated rings. The molecule has 0 radical (unpaired) electrons. The van der Waals surface area contributed by atoms with E-state index in [0.29, 0.717) is 18.1 Å². The molecule has 2 aromatic heterocycles. The summed E-state index contributed by atoms with van der Waals surface area (Å²) in [6, 6.07) is 18.4. The van der Waals surface area contributed by atoms with Crippen LogP contribution in [0.1, 0.15) is 23.8 Å². The fourth-order valence-electron chi connectivity index (χ4n) is 3.69. The summed E-state index contributed by atoms with van der Waals surface area (Å²) in [5, 5.41) is 6.79. The number of furan rings is 1. The Bertz CT molecular complexity index is 1260. The first kappa shape index (κ1) is 19.7. The largest absolute Gasteiger partial charge is 0.497 e. The minimum atomic E-state index is -0.347. The number of hydrogen-bond acceptors (Lipinski definition) is 7. The van der Waals surface area contributed by atoms with Gasteiger partial charge >= 0.3 is 0 Å². The number of ether oxygens (including phenoxy) is 2. The van der Waals surface area contributed by atoms with Gasteiger partial charge in [0.15, 0.2) is 6.61 Å². The molecule has 32 heavy (non-hydrogen) atoms. The van der Waals surface area contributed by atoms with Crippen LogP contribution in [0.3, 0.4) is 0 Å². The molecule has 8 nitrogen and oxygen atoms in total. The molecule has 0 saturated carbocycles. The molecule has 0 spiro atoms. The van der Waals surface area contributed by atoms with E-state index in [9.17, 15) is 4.79 Å². The number of carbonyl (C=O) groups is 1. The predicted molar refractivity (Wildman–Crippen MR) is 117 cm³/mol. The number of amides is 1. The lowest BCUT2D eigenvalue weighted by molar-refractivity contribution is -0.135. The molecule has 1 amide bonds. The SMILES string of the molecule is COc1ccc(C2=NN(C(=O)COc3ncnc4ccccc34)[C@H](c3ccco3)C2)cc1. The fraction of sp³-hybridized carbons (Fsp3) is 0.167. The number of benzene rings is 2. The van der Waals surface area contributed by atoms with Crippen molar-refractivity contribution in [3.8, 4) is 11.6 Å². The molecule has 0 N–H and O–H groups in total. The van der Waals surface area contributed by atoms with Crippen LogP contribution in [-0.2, 0) is 4.79 Å². The Morgan fingerprint density at radius 2 is 1.94 bits per heavy atom. The molecule has 0 saturated heterocycles. The Morgan fingerprint density at radius 1 is 1.09 bits per heavy atom. The van der Waals surface area contributed by atoms with E-state index in [2.05, 4.69) is 15.1 Å². The third-order valence-electron chi connectivity index (χ3n) is 5.30. The monoisotopic (exact) mass is 428 g/mol. The van der Waals surface area contributed by atoms with Crippen LogP contribution >= 0.6 is 0 Å². The molecule has 0 unspecified atom stereocenters. The van der Waals surface area contributed by atoms with Crippen molar-refractivity contribution in [2.45, 2.75) is 12.5 Å². The highest BCUT2D eigenvalue weighted by Crippen LogP contribution is 2.33. The number of methoxy groups -OCH3 is 1. The van der Waals surface area contributed by atoms with Gasteiger partial charge in [-0.05, 0) is 54.1 Å². The highest BCUT2D eigenvalue weighted by atomic mass is 16.5. The molecule has 5 rings (SSSR count). The molecule has 4 aromatic rings. The fourth-order valence-corrected chi connectivity index (χ4v) is 3.69. The zero-order valence-electron chi connectivity index (χ0n) is 17.3. The second kappa shape index (κ2) is 8.50. The Morgan fingerprint density at radius 3 is 2.72 bits per heavy atom. The van der Waals surface area contributed by atoms with Crippen molar-refractivity contribution in [2.75, 3.05) is 13.7 Å². The van der Waals surface area contributed by atoms with E-state index in [1.165, 1.54) is 11.3 Å². The van der Waals surface area contributed by atoms with E-state index in [0.717, 1.165) is 27.9 Å². The Balaban J connectivity index is 1.39. The number of fused-ring (bicyclic) bond motifs is 1. The van der Waals surface area contributed by atoms with Crippen LogP contribution in [0.5, 0.6) is 11.6 Å². The van der Waals surface area contributed by atoms with Gasteiger partial charge in [-0.3, -0.25) is 4.79 Å². The van der Waals surface area contributed by atoms with Gasteiger partial charge in [0.1, 0.15) is 23.9 Å². The summed E-state index contributed by atoms with van der Waals surface area (Å²) in [5.41, 5.74) is 2.45. The predicted octanol–water partition coefficient (Wildman–Crippen LogP) is 3.99. The smallest absolute Gasteiger partial charge is 0.281 e. The van der Waals surface area contributed by atoms with Gasteiger partial charge in [-0.1, -0.05) is 12.1 Å². The van der Waals surface area contributed by atoms with Gasteiger partial charge in [-0.2, -0.15) is 5.10 Å². The van der Waals surface area contributed by atoms with E-state index in [1.807, 2.05) is 54.6 Å². The van der Waals surface area contributed by atoms with Gasteiger partial charge in [-0.15, -0.1) is 0 Å². The van der Waals surface area contributed by atoms with Crippen molar-refractivity contribution in [2.24, 2.45) is 5.10 Å². The number of rotatable bonds is 6. The average molecular weight is 428 g/mol. The van der Waals surface area contributed by atoms with Crippen molar-refractivity contribution >= 4 is 22.5 Å². The van der Waals surface area contributed by atoms with Crippen LogP contribution in [0, 0.1) is 0 Å². The summed E-state index contributed by atoms with van der Waals surface area (Å²) < 4.78 is 16.6. The summed E-state index contributed by atoms with van der Waals surface area (Å²) in [7, 11) is 1.62. The highest BCUT2D eigenvalue weighted by molar-refractivity contribution is 6.03. The number of nitrogens with zero attached hydrogens (tertiary/aromatic N) is 4.